The molecule has 0 fully saturated rings. The van der Waals surface area contributed by atoms with Crippen LogP contribution in [-0.4, -0.2) is 0 Å². The summed E-state index contributed by atoms with van der Waals surface area (Å²) in [4.78, 5) is 0. The van der Waals surface area contributed by atoms with E-state index in [2.05, 4.69) is 0 Å². The van der Waals surface area contributed by atoms with Crippen molar-refractivity contribution in [1.29, 1.82) is 0 Å². The van der Waals surface area contributed by atoms with Crippen LogP contribution >= 0.6 is 0 Å². The summed E-state index contributed by atoms with van der Waals surface area (Å²) >= 11 is 0. The van der Waals surface area contributed by atoms with Crippen LogP contribution in [0.25, 0.3) is 0 Å². The van der Waals surface area contributed by atoms with Crippen molar-refractivity contribution in [3.05, 3.63) is 7.43 Å². The molecule has 3 nitrogen and oxygen atoms in total. The first kappa shape index (κ1) is 655. The van der Waals surface area contributed by atoms with Gasteiger partial charge in [0.15, 0.2) is 0 Å². The van der Waals surface area contributed by atoms with Gasteiger partial charge in [-0.1, -0.05) is 0 Å². The van der Waals surface area contributed by atoms with Crippen molar-refractivity contribution in [3.63, 3.8) is 0 Å². The molecule has 0 saturated heterocycles. The molecule has 0 rings (SSSR count). The molecule has 0 aliphatic heterocycles. The standard InChI is InChI=1S/C.Fe.3O/q+4;+2;3*-2. The number of rotatable bonds is 0. The maximum absolute atomic E-state index is 0. The van der Waals surface area contributed by atoms with Crippen LogP contribution in [0.2, 0.25) is 0 Å². The fourth-order valence-electron chi connectivity index (χ4n) is 0. The quantitative estimate of drug-likeness (QED) is 0.389. The molecular weight excluding hydrogens is 116 g/mol. The van der Waals surface area contributed by atoms with Crippen molar-refractivity contribution in [2.75, 3.05) is 0 Å². The molecule has 0 spiro atoms. The zero-order valence-corrected chi connectivity index (χ0v) is 3.18. The van der Waals surface area contributed by atoms with E-state index in [-0.39, 0.29) is 40.9 Å². The van der Waals surface area contributed by atoms with Gasteiger partial charge in [0.1, 0.15) is 0 Å². The van der Waals surface area contributed by atoms with E-state index in [1.807, 2.05) is 0 Å². The summed E-state index contributed by atoms with van der Waals surface area (Å²) in [7, 11) is 0. The van der Waals surface area contributed by atoms with Gasteiger partial charge < -0.3 is 16.4 Å². The van der Waals surface area contributed by atoms with Crippen molar-refractivity contribution >= 4 is 0 Å². The molecule has 0 aliphatic carbocycles. The monoisotopic (exact) mass is 116 g/mol. The minimum Gasteiger partial charge on any atom is -2.00 e. The summed E-state index contributed by atoms with van der Waals surface area (Å²) in [6.45, 7) is 0. The van der Waals surface area contributed by atoms with Crippen molar-refractivity contribution in [2.45, 2.75) is 0 Å². The first-order valence-electron chi connectivity index (χ1n) is 0. The summed E-state index contributed by atoms with van der Waals surface area (Å²) in [6, 6.07) is 0. The van der Waals surface area contributed by atoms with Crippen LogP contribution in [0.15, 0.2) is 0 Å². The van der Waals surface area contributed by atoms with Crippen molar-refractivity contribution < 1.29 is 33.5 Å². The van der Waals surface area contributed by atoms with Gasteiger partial charge in [0.25, 0.3) is 0 Å². The van der Waals surface area contributed by atoms with Crippen LogP contribution < -0.4 is 0 Å². The van der Waals surface area contributed by atoms with Gasteiger partial charge in [-0.05, 0) is 0 Å². The summed E-state index contributed by atoms with van der Waals surface area (Å²) in [5, 5.41) is 0. The molecule has 0 aliphatic rings. The molecule has 0 amide bonds. The third-order valence-corrected chi connectivity index (χ3v) is 0. The maximum Gasteiger partial charge on any atom is 4.00 e. The van der Waals surface area contributed by atoms with Crippen molar-refractivity contribution in [2.24, 2.45) is 0 Å². The van der Waals surface area contributed by atoms with E-state index in [1.165, 1.54) is 0 Å². The minimum absolute atomic E-state index is 0. The normalized spacial score (nSPS) is 0. The van der Waals surface area contributed by atoms with Gasteiger partial charge in [0.05, 0.1) is 0 Å². The molecule has 0 aromatic rings. The first-order chi connectivity index (χ1) is 0. The molecule has 0 radical (unpaired) electrons. The Balaban J connectivity index is 0. The van der Waals surface area contributed by atoms with Gasteiger partial charge in [-0.2, -0.15) is 0 Å². The van der Waals surface area contributed by atoms with Gasteiger partial charge in [-0.3, -0.25) is 0 Å². The van der Waals surface area contributed by atoms with Crippen LogP contribution in [0.4, 0.5) is 0 Å². The molecule has 30 valence electrons. The van der Waals surface area contributed by atoms with E-state index < -0.39 is 0 Å². The Bertz CT molecular complexity index is 6.85. The second kappa shape index (κ2) is 319. The molecule has 0 bridgehead atoms. The van der Waals surface area contributed by atoms with Crippen molar-refractivity contribution in [3.8, 4) is 0 Å². The second-order valence-corrected chi connectivity index (χ2v) is 0. The minimum atomic E-state index is 0. The molecule has 0 aromatic carbocycles. The van der Waals surface area contributed by atoms with Gasteiger partial charge >= 0.3 is 24.5 Å². The Hall–Kier alpha value is 0.399. The maximum atomic E-state index is 0. The Morgan fingerprint density at radius 1 is 0.600 bits per heavy atom. The molecule has 0 heterocycles. The van der Waals surface area contributed by atoms with Crippen LogP contribution in [0.1, 0.15) is 0 Å². The smallest absolute Gasteiger partial charge is 2.00 e. The van der Waals surface area contributed by atoms with Crippen molar-refractivity contribution in [1.82, 2.24) is 0 Å². The van der Waals surface area contributed by atoms with Crippen LogP contribution in [-0.2, 0) is 33.5 Å². The first-order valence-corrected chi connectivity index (χ1v) is 0. The molecule has 4 heteroatoms. The Morgan fingerprint density at radius 3 is 0.600 bits per heavy atom. The van der Waals surface area contributed by atoms with Gasteiger partial charge in [-0.15, -0.1) is 0 Å². The average molecular weight is 116 g/mol. The molecule has 0 atom stereocenters. The topological polar surface area (TPSA) is 85.5 Å². The molecule has 0 aromatic heterocycles. The Labute approximate surface area is 41.8 Å². The Kier molecular flexibility index (Phi) is 41700. The van der Waals surface area contributed by atoms with E-state index in [4.69, 9.17) is 0 Å². The third-order valence-electron chi connectivity index (χ3n) is 0. The molecule has 0 N–H and O–H groups in total. The van der Waals surface area contributed by atoms with Crippen LogP contribution in [0.3, 0.4) is 0 Å². The predicted octanol–water partition coefficient (Wildman–Crippen LogP) is -0.278. The van der Waals surface area contributed by atoms with E-state index in [9.17, 15) is 0 Å². The average Bonchev–Trinajstić information content (AvgIpc) is 0. The van der Waals surface area contributed by atoms with E-state index in [0.29, 0.717) is 0 Å². The molecule has 5 heavy (non-hydrogen) atoms. The van der Waals surface area contributed by atoms with Gasteiger partial charge in [0, 0.05) is 0 Å². The van der Waals surface area contributed by atoms with Crippen LogP contribution in [0, 0.1) is 7.43 Å². The SMILES string of the molecule is [C+4].[Fe+2].[O-2].[O-2].[O-2]. The zero-order valence-electron chi connectivity index (χ0n) is 2.08. The summed E-state index contributed by atoms with van der Waals surface area (Å²) in [5.41, 5.74) is 0. The van der Waals surface area contributed by atoms with E-state index in [0.717, 1.165) is 0 Å². The summed E-state index contributed by atoms with van der Waals surface area (Å²) in [5.74, 6) is 0. The zero-order chi connectivity index (χ0) is 0. The number of hydrogen-bond donors (Lipinski definition) is 0. The fourth-order valence-corrected chi connectivity index (χ4v) is 0. The summed E-state index contributed by atoms with van der Waals surface area (Å²) < 4.78 is 0. The summed E-state index contributed by atoms with van der Waals surface area (Å²) in [6.07, 6.45) is 0. The molecular formula is CFeO3. The number of hydrogen-bond acceptors (Lipinski definition) is 0. The predicted molar refractivity (Wildman–Crippen MR) is 5.30 cm³/mol. The fraction of sp³-hybridized carbons (Fsp3) is 0. The molecule has 0 unspecified atom stereocenters. The van der Waals surface area contributed by atoms with Crippen LogP contribution in [0.5, 0.6) is 0 Å². The third kappa shape index (κ3) is 159. The largest absolute Gasteiger partial charge is 4.00 e. The van der Waals surface area contributed by atoms with Gasteiger partial charge in [-0.25, -0.2) is 0 Å². The molecule has 0 saturated carbocycles. The Morgan fingerprint density at radius 2 is 0.600 bits per heavy atom. The van der Waals surface area contributed by atoms with E-state index in [1.54, 1.807) is 0 Å². The second-order valence-electron chi connectivity index (χ2n) is 0. The van der Waals surface area contributed by atoms with Gasteiger partial charge in [0.2, 0.25) is 0 Å². The van der Waals surface area contributed by atoms with E-state index >= 15 is 0 Å².